The molecule has 0 aromatic heterocycles. The predicted molar refractivity (Wildman–Crippen MR) is 336 cm³/mol. The predicted octanol–water partition coefficient (Wildman–Crippen LogP) is 17.5. The van der Waals surface area contributed by atoms with Crippen molar-refractivity contribution in [2.24, 2.45) is 0 Å². The number of aliphatic hydroxyl groups is 4. The van der Waals surface area contributed by atoms with Crippen molar-refractivity contribution in [3.8, 4) is 0 Å². The molecule has 0 saturated heterocycles. The van der Waals surface area contributed by atoms with E-state index in [4.69, 9.17) is 0 Å². The average Bonchev–Trinajstić information content (AvgIpc) is 3.40. The van der Waals surface area contributed by atoms with Gasteiger partial charge in [-0.3, -0.25) is 9.80 Å². The van der Waals surface area contributed by atoms with E-state index in [-0.39, 0.29) is 0 Å². The van der Waals surface area contributed by atoms with Gasteiger partial charge in [0.15, 0.2) is 0 Å². The Kier molecular flexibility index (Phi) is 58.4. The molecule has 4 unspecified atom stereocenters. The molecule has 76 heavy (non-hydrogen) atoms. The van der Waals surface area contributed by atoms with E-state index in [1.807, 2.05) is 0 Å². The first-order valence-electron chi connectivity index (χ1n) is 32.3. The van der Waals surface area contributed by atoms with Crippen LogP contribution in [-0.4, -0.2) is 119 Å². The maximum atomic E-state index is 11.3. The van der Waals surface area contributed by atoms with Crippen LogP contribution in [0.1, 0.15) is 259 Å². The third-order valence-electron chi connectivity index (χ3n) is 14.4. The standard InChI is InChI=1S/C69H127N3O4/c1-6-10-14-18-22-26-30-34-38-42-46-50-54-66(73)62-71(63-67(74)55-51-47-43-39-35-31-27-23-19-15-11-7-2)60-58-70(5)59-61-72(64-68(75)56-52-48-44-40-36-32-28-24-20-16-12-8-3)65-69(76)57-53-49-45-41-37-33-29-25-21-17-13-9-4/h26-33,38-45,66-69,73-76H,6-25,34-37,46-65H2,1-5H3/b30-26-,31-27-,32-28-,33-29-,42-38-,43-39-,44-40-,45-41-. The Hall–Kier alpha value is -2.36. The van der Waals surface area contributed by atoms with E-state index >= 15 is 0 Å². The molecule has 0 aliphatic rings. The number of aliphatic hydroxyl groups excluding tert-OH is 4. The molecule has 0 aliphatic heterocycles. The molecule has 0 radical (unpaired) electrons. The van der Waals surface area contributed by atoms with Crippen LogP contribution in [-0.2, 0) is 0 Å². The van der Waals surface area contributed by atoms with Gasteiger partial charge in [0.2, 0.25) is 0 Å². The minimum absolute atomic E-state index is 0.440. The number of hydrogen-bond donors (Lipinski definition) is 4. The average molecular weight is 1060 g/mol. The van der Waals surface area contributed by atoms with E-state index in [9.17, 15) is 20.4 Å². The van der Waals surface area contributed by atoms with E-state index in [1.165, 1.54) is 128 Å². The van der Waals surface area contributed by atoms with Crippen molar-refractivity contribution < 1.29 is 20.4 Å². The lowest BCUT2D eigenvalue weighted by Crippen LogP contribution is -2.44. The van der Waals surface area contributed by atoms with Crippen LogP contribution in [0.2, 0.25) is 0 Å². The van der Waals surface area contributed by atoms with Crippen LogP contribution in [0.15, 0.2) is 97.2 Å². The Morgan fingerprint density at radius 2 is 0.474 bits per heavy atom. The highest BCUT2D eigenvalue weighted by molar-refractivity contribution is 4.96. The number of likely N-dealkylation sites (N-methyl/N-ethyl adjacent to an activating group) is 1. The Bertz CT molecular complexity index is 1220. The van der Waals surface area contributed by atoms with E-state index < -0.39 is 24.4 Å². The summed E-state index contributed by atoms with van der Waals surface area (Å²) in [6.07, 6.45) is 74.8. The lowest BCUT2D eigenvalue weighted by atomic mass is 10.1. The van der Waals surface area contributed by atoms with Crippen molar-refractivity contribution >= 4 is 0 Å². The molecule has 0 aromatic rings. The maximum Gasteiger partial charge on any atom is 0.0667 e. The molecule has 442 valence electrons. The molecule has 0 aromatic carbocycles. The summed E-state index contributed by atoms with van der Waals surface area (Å²) in [4.78, 5) is 6.89. The minimum Gasteiger partial charge on any atom is -0.392 e. The summed E-state index contributed by atoms with van der Waals surface area (Å²) >= 11 is 0. The van der Waals surface area contributed by atoms with Gasteiger partial charge in [0.1, 0.15) is 0 Å². The number of hydrogen-bond acceptors (Lipinski definition) is 7. The maximum absolute atomic E-state index is 11.3. The normalized spacial score (nSPS) is 14.6. The monoisotopic (exact) mass is 1060 g/mol. The Morgan fingerprint density at radius 3 is 0.684 bits per heavy atom. The summed E-state index contributed by atoms with van der Waals surface area (Å²) in [5, 5.41) is 45.1. The molecule has 0 fully saturated rings. The van der Waals surface area contributed by atoms with Crippen molar-refractivity contribution in [1.29, 1.82) is 0 Å². The summed E-state index contributed by atoms with van der Waals surface area (Å²) in [7, 11) is 2.15. The zero-order valence-electron chi connectivity index (χ0n) is 50.8. The number of allylic oxidation sites excluding steroid dienone is 16. The molecule has 4 N–H and O–H groups in total. The van der Waals surface area contributed by atoms with Gasteiger partial charge in [-0.2, -0.15) is 0 Å². The van der Waals surface area contributed by atoms with Crippen LogP contribution in [0.3, 0.4) is 0 Å². The van der Waals surface area contributed by atoms with Gasteiger partial charge in [0.25, 0.3) is 0 Å². The minimum atomic E-state index is -0.440. The van der Waals surface area contributed by atoms with Gasteiger partial charge in [-0.05, 0) is 161 Å². The molecular weight excluding hydrogens is 935 g/mol. The fraction of sp³-hybridized carbons (Fsp3) is 0.768. The van der Waals surface area contributed by atoms with Crippen LogP contribution >= 0.6 is 0 Å². The highest BCUT2D eigenvalue weighted by atomic mass is 16.3. The molecule has 0 spiro atoms. The summed E-state index contributed by atoms with van der Waals surface area (Å²) in [6.45, 7) is 14.4. The summed E-state index contributed by atoms with van der Waals surface area (Å²) in [5.74, 6) is 0. The van der Waals surface area contributed by atoms with Crippen LogP contribution in [0, 0.1) is 0 Å². The second-order valence-corrected chi connectivity index (χ2v) is 22.3. The first kappa shape index (κ1) is 73.6. The first-order chi connectivity index (χ1) is 37.2. The van der Waals surface area contributed by atoms with Crippen molar-refractivity contribution in [3.05, 3.63) is 97.2 Å². The largest absolute Gasteiger partial charge is 0.392 e. The van der Waals surface area contributed by atoms with Gasteiger partial charge < -0.3 is 25.3 Å². The summed E-state index contributed by atoms with van der Waals surface area (Å²) in [5.41, 5.74) is 0. The summed E-state index contributed by atoms with van der Waals surface area (Å²) in [6, 6.07) is 0. The van der Waals surface area contributed by atoms with Crippen molar-refractivity contribution in [3.63, 3.8) is 0 Å². The van der Waals surface area contributed by atoms with E-state index in [1.54, 1.807) is 0 Å². The smallest absolute Gasteiger partial charge is 0.0667 e. The third-order valence-corrected chi connectivity index (χ3v) is 14.4. The molecule has 0 saturated carbocycles. The fourth-order valence-electron chi connectivity index (χ4n) is 9.48. The quantitative estimate of drug-likeness (QED) is 0.0356. The Labute approximate surface area is 472 Å². The van der Waals surface area contributed by atoms with Crippen molar-refractivity contribution in [2.45, 2.75) is 283 Å². The number of rotatable bonds is 58. The molecule has 7 heteroatoms. The topological polar surface area (TPSA) is 90.6 Å². The van der Waals surface area contributed by atoms with E-state index in [2.05, 4.69) is 147 Å². The van der Waals surface area contributed by atoms with Gasteiger partial charge in [0, 0.05) is 52.4 Å². The molecule has 7 nitrogen and oxygen atoms in total. The highest BCUT2D eigenvalue weighted by Gasteiger charge is 2.19. The van der Waals surface area contributed by atoms with Crippen molar-refractivity contribution in [2.75, 3.05) is 59.4 Å². The van der Waals surface area contributed by atoms with E-state index in [0.717, 1.165) is 129 Å². The SMILES string of the molecule is CCCCCC/C=C\C/C=C\CCCC(O)CN(CCN(C)CCN(CC(O)CCC/C=C\C/C=C\CCCCCC)CC(O)CCC/C=C\C/C=C\CCCCCC)CC(O)CCC/C=C\C/C=C\CCCCCC. The molecule has 0 heterocycles. The zero-order valence-corrected chi connectivity index (χ0v) is 50.8. The number of unbranched alkanes of at least 4 members (excludes halogenated alkanes) is 20. The lowest BCUT2D eigenvalue weighted by Gasteiger charge is -2.31. The molecular formula is C69H127N3O4. The van der Waals surface area contributed by atoms with Crippen LogP contribution < -0.4 is 0 Å². The third kappa shape index (κ3) is 56.4. The number of nitrogens with zero attached hydrogens (tertiary/aromatic N) is 3. The first-order valence-corrected chi connectivity index (χ1v) is 32.3. The van der Waals surface area contributed by atoms with Crippen LogP contribution in [0.5, 0.6) is 0 Å². The van der Waals surface area contributed by atoms with Gasteiger partial charge in [0.05, 0.1) is 24.4 Å². The highest BCUT2D eigenvalue weighted by Crippen LogP contribution is 2.13. The second-order valence-electron chi connectivity index (χ2n) is 22.3. The Morgan fingerprint density at radius 1 is 0.263 bits per heavy atom. The molecule has 0 amide bonds. The summed E-state index contributed by atoms with van der Waals surface area (Å²) < 4.78 is 0. The fourth-order valence-corrected chi connectivity index (χ4v) is 9.48. The van der Waals surface area contributed by atoms with Crippen LogP contribution in [0.4, 0.5) is 0 Å². The Balaban J connectivity index is 5.43. The van der Waals surface area contributed by atoms with Crippen molar-refractivity contribution in [1.82, 2.24) is 14.7 Å². The molecule has 0 rings (SSSR count). The lowest BCUT2D eigenvalue weighted by molar-refractivity contribution is 0.0499. The molecule has 0 aliphatic carbocycles. The molecule has 4 atom stereocenters. The van der Waals surface area contributed by atoms with Gasteiger partial charge in [-0.15, -0.1) is 0 Å². The van der Waals surface area contributed by atoms with Crippen LogP contribution in [0.25, 0.3) is 0 Å². The molecule has 0 bridgehead atoms. The van der Waals surface area contributed by atoms with E-state index in [0.29, 0.717) is 26.2 Å². The van der Waals surface area contributed by atoms with Gasteiger partial charge >= 0.3 is 0 Å². The zero-order chi connectivity index (χ0) is 55.5. The van der Waals surface area contributed by atoms with Gasteiger partial charge in [-0.1, -0.05) is 202 Å². The van der Waals surface area contributed by atoms with Gasteiger partial charge in [-0.25, -0.2) is 0 Å². The second kappa shape index (κ2) is 60.3.